The second-order valence-corrected chi connectivity index (χ2v) is 7.74. The minimum absolute atomic E-state index is 0.00179. The van der Waals surface area contributed by atoms with E-state index >= 15 is 0 Å². The number of nitrogens with zero attached hydrogens (tertiary/aromatic N) is 2. The maximum absolute atomic E-state index is 11.9. The van der Waals surface area contributed by atoms with Crippen molar-refractivity contribution in [2.24, 2.45) is 10.9 Å². The lowest BCUT2D eigenvalue weighted by molar-refractivity contribution is -0.127. The number of nitrogens with one attached hydrogen (secondary N) is 3. The molecule has 2 saturated carbocycles. The number of aliphatic imine (C=N–C) groups is 1. The molecule has 2 amide bonds. The molecule has 2 rings (SSSR count). The Bertz CT molecular complexity index is 492. The first kappa shape index (κ1) is 20.5. The fraction of sp³-hybridized carbons (Fsp3) is 0.842. The standard InChI is InChI=1S/C19H35N5O2/c1-20-18(26)14-9-11-16(12-10-14)23-19(21-13-17(25)24(2)3)22-15-7-5-4-6-8-15/h14-16H,4-13H2,1-3H3,(H,20,26)(H2,21,22,23). The molecule has 0 aromatic carbocycles. The van der Waals surface area contributed by atoms with Gasteiger partial charge in [0, 0.05) is 39.1 Å². The zero-order chi connectivity index (χ0) is 18.9. The van der Waals surface area contributed by atoms with Crippen molar-refractivity contribution in [2.45, 2.75) is 69.9 Å². The highest BCUT2D eigenvalue weighted by molar-refractivity contribution is 5.85. The van der Waals surface area contributed by atoms with Crippen LogP contribution < -0.4 is 16.0 Å². The van der Waals surface area contributed by atoms with Crippen molar-refractivity contribution in [3.8, 4) is 0 Å². The quantitative estimate of drug-likeness (QED) is 0.506. The van der Waals surface area contributed by atoms with Crippen molar-refractivity contribution < 1.29 is 9.59 Å². The molecule has 2 fully saturated rings. The van der Waals surface area contributed by atoms with Gasteiger partial charge in [0.2, 0.25) is 11.8 Å². The average molecular weight is 366 g/mol. The van der Waals surface area contributed by atoms with E-state index in [4.69, 9.17) is 0 Å². The molecule has 0 atom stereocenters. The molecule has 26 heavy (non-hydrogen) atoms. The van der Waals surface area contributed by atoms with E-state index in [1.54, 1.807) is 26.0 Å². The van der Waals surface area contributed by atoms with Crippen molar-refractivity contribution in [3.63, 3.8) is 0 Å². The summed E-state index contributed by atoms with van der Waals surface area (Å²) in [7, 11) is 5.20. The van der Waals surface area contributed by atoms with Crippen LogP contribution in [-0.2, 0) is 9.59 Å². The third kappa shape index (κ3) is 6.50. The Morgan fingerprint density at radius 3 is 2.04 bits per heavy atom. The van der Waals surface area contributed by atoms with Gasteiger partial charge < -0.3 is 20.9 Å². The average Bonchev–Trinajstić information content (AvgIpc) is 2.66. The van der Waals surface area contributed by atoms with E-state index in [1.165, 1.54) is 19.3 Å². The van der Waals surface area contributed by atoms with E-state index in [0.29, 0.717) is 12.1 Å². The number of hydrogen-bond acceptors (Lipinski definition) is 3. The molecule has 148 valence electrons. The summed E-state index contributed by atoms with van der Waals surface area (Å²) in [6.07, 6.45) is 9.81. The molecule has 0 aliphatic heterocycles. The Morgan fingerprint density at radius 1 is 0.923 bits per heavy atom. The molecule has 2 aliphatic rings. The highest BCUT2D eigenvalue weighted by atomic mass is 16.2. The van der Waals surface area contributed by atoms with Crippen LogP contribution in [0.5, 0.6) is 0 Å². The van der Waals surface area contributed by atoms with Crippen LogP contribution in [-0.4, -0.2) is 62.4 Å². The van der Waals surface area contributed by atoms with Crippen LogP contribution in [0.1, 0.15) is 57.8 Å². The van der Waals surface area contributed by atoms with Crippen LogP contribution in [0.25, 0.3) is 0 Å². The van der Waals surface area contributed by atoms with Gasteiger partial charge in [0.05, 0.1) is 0 Å². The van der Waals surface area contributed by atoms with Crippen LogP contribution in [0, 0.1) is 5.92 Å². The number of amides is 2. The molecular weight excluding hydrogens is 330 g/mol. The monoisotopic (exact) mass is 365 g/mol. The van der Waals surface area contributed by atoms with Crippen molar-refractivity contribution in [2.75, 3.05) is 27.7 Å². The molecule has 0 unspecified atom stereocenters. The van der Waals surface area contributed by atoms with Crippen molar-refractivity contribution in [3.05, 3.63) is 0 Å². The molecule has 0 bridgehead atoms. The zero-order valence-electron chi connectivity index (χ0n) is 16.5. The lowest BCUT2D eigenvalue weighted by Crippen LogP contribution is -2.49. The summed E-state index contributed by atoms with van der Waals surface area (Å²) in [5.41, 5.74) is 0. The molecule has 2 aliphatic carbocycles. The van der Waals surface area contributed by atoms with Crippen molar-refractivity contribution in [1.29, 1.82) is 0 Å². The molecule has 7 heteroatoms. The molecule has 0 saturated heterocycles. The summed E-state index contributed by atoms with van der Waals surface area (Å²) < 4.78 is 0. The third-order valence-corrected chi connectivity index (χ3v) is 5.50. The highest BCUT2D eigenvalue weighted by Crippen LogP contribution is 2.24. The molecule has 0 heterocycles. The molecule has 0 spiro atoms. The number of likely N-dealkylation sites (N-methyl/N-ethyl adjacent to an activating group) is 1. The summed E-state index contributed by atoms with van der Waals surface area (Å²) in [5.74, 6) is 1.02. The van der Waals surface area contributed by atoms with E-state index < -0.39 is 0 Å². The van der Waals surface area contributed by atoms with Gasteiger partial charge in [0.15, 0.2) is 5.96 Å². The lowest BCUT2D eigenvalue weighted by atomic mass is 9.85. The topological polar surface area (TPSA) is 85.8 Å². The van der Waals surface area contributed by atoms with Gasteiger partial charge in [-0.25, -0.2) is 4.99 Å². The van der Waals surface area contributed by atoms with Crippen molar-refractivity contribution in [1.82, 2.24) is 20.9 Å². The summed E-state index contributed by atoms with van der Waals surface area (Å²) in [5, 5.41) is 9.79. The van der Waals surface area contributed by atoms with E-state index in [-0.39, 0.29) is 24.3 Å². The largest absolute Gasteiger partial charge is 0.359 e. The first-order chi connectivity index (χ1) is 12.5. The summed E-state index contributed by atoms with van der Waals surface area (Å²) in [6.45, 7) is 0.155. The number of carbonyl (C=O) groups is 2. The third-order valence-electron chi connectivity index (χ3n) is 5.50. The van der Waals surface area contributed by atoms with E-state index in [9.17, 15) is 9.59 Å². The maximum atomic E-state index is 11.9. The Morgan fingerprint density at radius 2 is 1.50 bits per heavy atom. The molecule has 0 radical (unpaired) electrons. The number of hydrogen-bond donors (Lipinski definition) is 3. The summed E-state index contributed by atoms with van der Waals surface area (Å²) >= 11 is 0. The van der Waals surface area contributed by atoms with E-state index in [2.05, 4.69) is 20.9 Å². The SMILES string of the molecule is CNC(=O)C1CCC(NC(=NCC(=O)N(C)C)NC2CCCCC2)CC1. The Balaban J connectivity index is 1.91. The second kappa shape index (κ2) is 10.4. The minimum Gasteiger partial charge on any atom is -0.359 e. The molecule has 0 aromatic rings. The van der Waals surface area contributed by atoms with Crippen LogP contribution in [0.3, 0.4) is 0 Å². The van der Waals surface area contributed by atoms with E-state index in [0.717, 1.165) is 44.5 Å². The maximum Gasteiger partial charge on any atom is 0.243 e. The van der Waals surface area contributed by atoms with Gasteiger partial charge in [0.25, 0.3) is 0 Å². The van der Waals surface area contributed by atoms with Gasteiger partial charge >= 0.3 is 0 Å². The van der Waals surface area contributed by atoms with Gasteiger partial charge in [-0.1, -0.05) is 19.3 Å². The Hall–Kier alpha value is -1.79. The van der Waals surface area contributed by atoms with Crippen LogP contribution in [0.15, 0.2) is 4.99 Å². The van der Waals surface area contributed by atoms with Gasteiger partial charge in [-0.2, -0.15) is 0 Å². The molecule has 7 nitrogen and oxygen atoms in total. The fourth-order valence-electron chi connectivity index (χ4n) is 3.76. The van der Waals surface area contributed by atoms with Crippen molar-refractivity contribution >= 4 is 17.8 Å². The minimum atomic E-state index is -0.00179. The number of rotatable bonds is 5. The van der Waals surface area contributed by atoms with Gasteiger partial charge in [-0.3, -0.25) is 9.59 Å². The Kier molecular flexibility index (Phi) is 8.19. The summed E-state index contributed by atoms with van der Waals surface area (Å²) in [6, 6.07) is 0.742. The van der Waals surface area contributed by atoms with Crippen LogP contribution >= 0.6 is 0 Å². The first-order valence-corrected chi connectivity index (χ1v) is 9.99. The van der Waals surface area contributed by atoms with Crippen LogP contribution in [0.4, 0.5) is 0 Å². The Labute approximate surface area is 157 Å². The van der Waals surface area contributed by atoms with E-state index in [1.807, 2.05) is 0 Å². The fourth-order valence-corrected chi connectivity index (χ4v) is 3.76. The number of guanidine groups is 1. The second-order valence-electron chi connectivity index (χ2n) is 7.74. The lowest BCUT2D eigenvalue weighted by Gasteiger charge is -2.31. The van der Waals surface area contributed by atoms with Gasteiger partial charge in [-0.15, -0.1) is 0 Å². The summed E-state index contributed by atoms with van der Waals surface area (Å²) in [4.78, 5) is 29.8. The first-order valence-electron chi connectivity index (χ1n) is 9.99. The normalized spacial score (nSPS) is 24.7. The predicted octanol–water partition coefficient (Wildman–Crippen LogP) is 1.25. The highest BCUT2D eigenvalue weighted by Gasteiger charge is 2.26. The van der Waals surface area contributed by atoms with Crippen LogP contribution in [0.2, 0.25) is 0 Å². The van der Waals surface area contributed by atoms with Gasteiger partial charge in [0.1, 0.15) is 6.54 Å². The molecule has 3 N–H and O–H groups in total. The number of carbonyl (C=O) groups excluding carboxylic acids is 2. The zero-order valence-corrected chi connectivity index (χ0v) is 16.5. The molecule has 0 aromatic heterocycles. The predicted molar refractivity (Wildman–Crippen MR) is 104 cm³/mol. The molecular formula is C19H35N5O2. The van der Waals surface area contributed by atoms with Gasteiger partial charge in [-0.05, 0) is 38.5 Å². The smallest absolute Gasteiger partial charge is 0.243 e.